The summed E-state index contributed by atoms with van der Waals surface area (Å²) < 4.78 is 1.17. The number of thiazole rings is 1. The average Bonchev–Trinajstić information content (AvgIpc) is 2.88. The Morgan fingerprint density at radius 2 is 2.05 bits per heavy atom. The summed E-state index contributed by atoms with van der Waals surface area (Å²) >= 11 is 7.75. The van der Waals surface area contributed by atoms with Crippen LogP contribution in [0.1, 0.15) is 5.56 Å². The van der Waals surface area contributed by atoms with Crippen molar-refractivity contribution in [1.29, 1.82) is 0 Å². The summed E-state index contributed by atoms with van der Waals surface area (Å²) in [5.41, 5.74) is 3.52. The number of rotatable bonds is 4. The van der Waals surface area contributed by atoms with Crippen molar-refractivity contribution < 1.29 is 0 Å². The summed E-state index contributed by atoms with van der Waals surface area (Å²) in [6.45, 7) is 0.966. The lowest BCUT2D eigenvalue weighted by atomic mass is 10.1. The molecular formula is C16H15ClN2S. The maximum atomic E-state index is 6.03. The second kappa shape index (κ2) is 5.92. The highest BCUT2D eigenvalue weighted by molar-refractivity contribution is 7.21. The number of hydrogen-bond acceptors (Lipinski definition) is 3. The van der Waals surface area contributed by atoms with Gasteiger partial charge in [-0.3, -0.25) is 0 Å². The molecule has 20 heavy (non-hydrogen) atoms. The van der Waals surface area contributed by atoms with Crippen LogP contribution in [0.25, 0.3) is 20.8 Å². The molecule has 2 nitrogen and oxygen atoms in total. The number of benzene rings is 2. The van der Waals surface area contributed by atoms with Crippen LogP contribution in [0.3, 0.4) is 0 Å². The minimum absolute atomic E-state index is 0.734. The van der Waals surface area contributed by atoms with Crippen LogP contribution in [0.4, 0.5) is 0 Å². The quantitative estimate of drug-likeness (QED) is 0.773. The molecule has 4 heteroatoms. The number of nitrogens with one attached hydrogen (secondary N) is 1. The zero-order valence-electron chi connectivity index (χ0n) is 11.2. The van der Waals surface area contributed by atoms with Gasteiger partial charge in [-0.2, -0.15) is 0 Å². The molecule has 1 aromatic heterocycles. The van der Waals surface area contributed by atoms with Crippen LogP contribution in [0.15, 0.2) is 42.5 Å². The van der Waals surface area contributed by atoms with E-state index in [1.807, 2.05) is 25.2 Å². The molecule has 0 aliphatic heterocycles. The summed E-state index contributed by atoms with van der Waals surface area (Å²) in [7, 11) is 1.97. The molecule has 0 spiro atoms. The lowest BCUT2D eigenvalue weighted by molar-refractivity contribution is 0.792. The van der Waals surface area contributed by atoms with Gasteiger partial charge in [-0.05, 0) is 43.8 Å². The highest BCUT2D eigenvalue weighted by Crippen LogP contribution is 2.33. The second-order valence-electron chi connectivity index (χ2n) is 4.64. The van der Waals surface area contributed by atoms with Crippen LogP contribution < -0.4 is 5.32 Å². The van der Waals surface area contributed by atoms with Crippen LogP contribution >= 0.6 is 22.9 Å². The minimum Gasteiger partial charge on any atom is -0.319 e. The van der Waals surface area contributed by atoms with Gasteiger partial charge in [0.15, 0.2) is 0 Å². The first-order valence-electron chi connectivity index (χ1n) is 6.57. The van der Waals surface area contributed by atoms with Gasteiger partial charge in [-0.15, -0.1) is 11.3 Å². The van der Waals surface area contributed by atoms with Crippen molar-refractivity contribution in [1.82, 2.24) is 10.3 Å². The van der Waals surface area contributed by atoms with Gasteiger partial charge in [-0.25, -0.2) is 4.98 Å². The monoisotopic (exact) mass is 302 g/mol. The van der Waals surface area contributed by atoms with Gasteiger partial charge < -0.3 is 5.32 Å². The Hall–Kier alpha value is -1.42. The molecule has 0 saturated carbocycles. The van der Waals surface area contributed by atoms with Crippen LogP contribution in [0.5, 0.6) is 0 Å². The third kappa shape index (κ3) is 2.70. The predicted molar refractivity (Wildman–Crippen MR) is 87.7 cm³/mol. The second-order valence-corrected chi connectivity index (χ2v) is 6.11. The molecule has 0 saturated heterocycles. The number of fused-ring (bicyclic) bond motifs is 1. The van der Waals surface area contributed by atoms with E-state index in [-0.39, 0.29) is 0 Å². The Balaban J connectivity index is 2.06. The Bertz CT molecular complexity index is 736. The zero-order valence-corrected chi connectivity index (χ0v) is 12.8. The van der Waals surface area contributed by atoms with E-state index in [2.05, 4.69) is 29.6 Å². The normalized spacial score (nSPS) is 11.1. The fraction of sp³-hybridized carbons (Fsp3) is 0.188. The van der Waals surface area contributed by atoms with E-state index in [4.69, 9.17) is 16.6 Å². The maximum absolute atomic E-state index is 6.03. The lowest BCUT2D eigenvalue weighted by Crippen LogP contribution is -2.10. The first-order chi connectivity index (χ1) is 9.78. The summed E-state index contributed by atoms with van der Waals surface area (Å²) in [5, 5.41) is 4.99. The third-order valence-electron chi connectivity index (χ3n) is 3.24. The molecule has 0 bridgehead atoms. The smallest absolute Gasteiger partial charge is 0.124 e. The molecule has 0 unspecified atom stereocenters. The molecule has 0 amide bonds. The van der Waals surface area contributed by atoms with Crippen LogP contribution in [-0.2, 0) is 6.42 Å². The highest BCUT2D eigenvalue weighted by atomic mass is 35.5. The molecule has 0 aliphatic carbocycles. The molecule has 2 aromatic carbocycles. The summed E-state index contributed by atoms with van der Waals surface area (Å²) in [6.07, 6.45) is 1.00. The fourth-order valence-electron chi connectivity index (χ4n) is 2.22. The van der Waals surface area contributed by atoms with Gasteiger partial charge in [-0.1, -0.05) is 35.9 Å². The molecule has 3 aromatic rings. The average molecular weight is 303 g/mol. The third-order valence-corrected chi connectivity index (χ3v) is 4.55. The van der Waals surface area contributed by atoms with Crippen LogP contribution in [0, 0.1) is 0 Å². The molecule has 3 rings (SSSR count). The van der Waals surface area contributed by atoms with E-state index in [1.54, 1.807) is 11.3 Å². The van der Waals surface area contributed by atoms with E-state index < -0.39 is 0 Å². The molecule has 0 radical (unpaired) electrons. The Morgan fingerprint density at radius 1 is 1.20 bits per heavy atom. The van der Waals surface area contributed by atoms with Gasteiger partial charge in [0, 0.05) is 10.6 Å². The fourth-order valence-corrected chi connectivity index (χ4v) is 3.40. The van der Waals surface area contributed by atoms with Gasteiger partial charge in [0.1, 0.15) is 5.01 Å². The molecule has 0 atom stereocenters. The summed E-state index contributed by atoms with van der Waals surface area (Å²) in [6, 6.07) is 14.3. The van der Waals surface area contributed by atoms with Gasteiger partial charge >= 0.3 is 0 Å². The Morgan fingerprint density at radius 3 is 2.90 bits per heavy atom. The van der Waals surface area contributed by atoms with E-state index in [9.17, 15) is 0 Å². The lowest BCUT2D eigenvalue weighted by Gasteiger charge is -2.06. The molecular weight excluding hydrogens is 288 g/mol. The van der Waals surface area contributed by atoms with Crippen molar-refractivity contribution in [2.24, 2.45) is 0 Å². The van der Waals surface area contributed by atoms with Gasteiger partial charge in [0.05, 0.1) is 10.2 Å². The molecule has 102 valence electrons. The standard InChI is InChI=1S/C16H15ClN2S/c1-18-9-8-11-4-2-3-5-13(11)16-19-14-10-12(17)6-7-15(14)20-16/h2-7,10,18H,8-9H2,1H3. The predicted octanol–water partition coefficient (Wildman–Crippen LogP) is 4.38. The number of halogens is 1. The number of hydrogen-bond donors (Lipinski definition) is 1. The SMILES string of the molecule is CNCCc1ccccc1-c1nc2cc(Cl)ccc2s1. The molecule has 0 fully saturated rings. The zero-order chi connectivity index (χ0) is 13.9. The minimum atomic E-state index is 0.734. The Labute approximate surface area is 127 Å². The van der Waals surface area contributed by atoms with Crippen molar-refractivity contribution in [3.8, 4) is 10.6 Å². The Kier molecular flexibility index (Phi) is 4.01. The summed E-state index contributed by atoms with van der Waals surface area (Å²) in [5.74, 6) is 0. The van der Waals surface area contributed by atoms with Crippen molar-refractivity contribution in [3.05, 3.63) is 53.1 Å². The first kappa shape index (κ1) is 13.6. The molecule has 0 aliphatic rings. The van der Waals surface area contributed by atoms with Crippen molar-refractivity contribution >= 4 is 33.2 Å². The number of aromatic nitrogens is 1. The van der Waals surface area contributed by atoms with Gasteiger partial charge in [0.25, 0.3) is 0 Å². The van der Waals surface area contributed by atoms with Crippen molar-refractivity contribution in [2.45, 2.75) is 6.42 Å². The van der Waals surface area contributed by atoms with E-state index >= 15 is 0 Å². The summed E-state index contributed by atoms with van der Waals surface area (Å²) in [4.78, 5) is 4.73. The van der Waals surface area contributed by atoms with E-state index in [0.29, 0.717) is 0 Å². The van der Waals surface area contributed by atoms with Crippen LogP contribution in [0.2, 0.25) is 5.02 Å². The highest BCUT2D eigenvalue weighted by Gasteiger charge is 2.10. The van der Waals surface area contributed by atoms with E-state index in [0.717, 1.165) is 28.5 Å². The maximum Gasteiger partial charge on any atom is 0.124 e. The van der Waals surface area contributed by atoms with Gasteiger partial charge in [0.2, 0.25) is 0 Å². The topological polar surface area (TPSA) is 24.9 Å². The van der Waals surface area contributed by atoms with Crippen molar-refractivity contribution in [2.75, 3.05) is 13.6 Å². The number of likely N-dealkylation sites (N-methyl/N-ethyl adjacent to an activating group) is 1. The van der Waals surface area contributed by atoms with E-state index in [1.165, 1.54) is 15.8 Å². The van der Waals surface area contributed by atoms with Crippen molar-refractivity contribution in [3.63, 3.8) is 0 Å². The molecule has 1 N–H and O–H groups in total. The van der Waals surface area contributed by atoms with Crippen LogP contribution in [-0.4, -0.2) is 18.6 Å². The first-order valence-corrected chi connectivity index (χ1v) is 7.76. The largest absolute Gasteiger partial charge is 0.319 e. The molecule has 1 heterocycles. The number of nitrogens with zero attached hydrogens (tertiary/aromatic N) is 1.